The zero-order chi connectivity index (χ0) is 25.7. The molecule has 0 spiro atoms. The van der Waals surface area contributed by atoms with Gasteiger partial charge < -0.3 is 42.7 Å². The Hall–Kier alpha value is -3.75. The number of hydrogen-bond donors (Lipinski definition) is 8. The third kappa shape index (κ3) is 12.6. The van der Waals surface area contributed by atoms with Gasteiger partial charge in [-0.05, 0) is 26.2 Å². The summed E-state index contributed by atoms with van der Waals surface area (Å²) in [5.41, 5.74) is 10.7. The predicted octanol–water partition coefficient (Wildman–Crippen LogP) is -3.13. The number of primary amides is 1. The van der Waals surface area contributed by atoms with E-state index in [-0.39, 0.29) is 25.7 Å². The highest BCUT2D eigenvalue weighted by Gasteiger charge is 2.28. The lowest BCUT2D eigenvalue weighted by Gasteiger charge is -2.23. The van der Waals surface area contributed by atoms with Crippen molar-refractivity contribution in [3.63, 3.8) is 0 Å². The average Bonchev–Trinajstić information content (AvgIpc) is 2.70. The van der Waals surface area contributed by atoms with Crippen LogP contribution in [0.1, 0.15) is 45.4 Å². The molecule has 0 saturated heterocycles. The molecule has 0 aromatic rings. The van der Waals surface area contributed by atoms with Crippen LogP contribution in [0.2, 0.25) is 0 Å². The molecule has 0 aliphatic rings. The number of aliphatic carboxylic acids is 3. The molecule has 33 heavy (non-hydrogen) atoms. The molecule has 4 unspecified atom stereocenters. The maximum atomic E-state index is 12.5. The first kappa shape index (κ1) is 29.2. The summed E-state index contributed by atoms with van der Waals surface area (Å²) >= 11 is 0. The van der Waals surface area contributed by atoms with Crippen LogP contribution in [0.15, 0.2) is 0 Å². The standard InChI is InChI=1S/C18H29N5O10/c1-8(15(29)23-11(18(32)33)4-7-14(27)28)21-17(31)10(3-5-12(20)24)22-16(30)9(19)2-6-13(25)26/h8-11H,2-7,19H2,1H3,(H2,20,24)(H,21,31)(H,22,30)(H,23,29)(H,25,26)(H,27,28)(H,32,33). The van der Waals surface area contributed by atoms with Gasteiger partial charge in [0, 0.05) is 19.3 Å². The van der Waals surface area contributed by atoms with Crippen LogP contribution in [-0.4, -0.2) is 81.0 Å². The molecular formula is C18H29N5O10. The Balaban J connectivity index is 5.13. The molecule has 0 heterocycles. The Bertz CT molecular complexity index is 772. The first-order valence-electron chi connectivity index (χ1n) is 9.86. The van der Waals surface area contributed by atoms with Gasteiger partial charge in [0.25, 0.3) is 0 Å². The van der Waals surface area contributed by atoms with Crippen LogP contribution in [0.5, 0.6) is 0 Å². The van der Waals surface area contributed by atoms with Crippen molar-refractivity contribution in [2.75, 3.05) is 0 Å². The minimum Gasteiger partial charge on any atom is -0.481 e. The fourth-order valence-electron chi connectivity index (χ4n) is 2.45. The molecule has 0 aromatic heterocycles. The molecule has 10 N–H and O–H groups in total. The number of nitrogens with one attached hydrogen (secondary N) is 3. The second kappa shape index (κ2) is 14.3. The lowest BCUT2D eigenvalue weighted by atomic mass is 10.1. The summed E-state index contributed by atoms with van der Waals surface area (Å²) in [7, 11) is 0. The van der Waals surface area contributed by atoms with E-state index >= 15 is 0 Å². The number of carboxylic acids is 3. The minimum absolute atomic E-state index is 0.211. The lowest BCUT2D eigenvalue weighted by molar-refractivity contribution is -0.143. The molecule has 4 atom stereocenters. The van der Waals surface area contributed by atoms with E-state index in [0.29, 0.717) is 0 Å². The summed E-state index contributed by atoms with van der Waals surface area (Å²) in [4.78, 5) is 80.4. The highest BCUT2D eigenvalue weighted by Crippen LogP contribution is 2.03. The van der Waals surface area contributed by atoms with E-state index in [1.54, 1.807) is 0 Å². The van der Waals surface area contributed by atoms with Crippen LogP contribution in [0.4, 0.5) is 0 Å². The van der Waals surface area contributed by atoms with Crippen LogP contribution in [0.3, 0.4) is 0 Å². The summed E-state index contributed by atoms with van der Waals surface area (Å²) in [5.74, 6) is -7.38. The molecule has 15 heteroatoms. The smallest absolute Gasteiger partial charge is 0.326 e. The number of rotatable bonds is 16. The SMILES string of the molecule is CC(NC(=O)C(CCC(N)=O)NC(=O)C(N)CCC(=O)O)C(=O)NC(CCC(=O)O)C(=O)O. The van der Waals surface area contributed by atoms with Gasteiger partial charge in [0.1, 0.15) is 18.1 Å². The van der Waals surface area contributed by atoms with Crippen molar-refractivity contribution >= 4 is 41.5 Å². The zero-order valence-electron chi connectivity index (χ0n) is 17.9. The van der Waals surface area contributed by atoms with Crippen molar-refractivity contribution in [2.45, 2.75) is 69.6 Å². The van der Waals surface area contributed by atoms with E-state index in [1.165, 1.54) is 6.92 Å². The Morgan fingerprint density at radius 1 is 0.697 bits per heavy atom. The van der Waals surface area contributed by atoms with Gasteiger partial charge in [-0.3, -0.25) is 28.8 Å². The van der Waals surface area contributed by atoms with Crippen molar-refractivity contribution in [3.8, 4) is 0 Å². The van der Waals surface area contributed by atoms with E-state index in [1.807, 2.05) is 0 Å². The van der Waals surface area contributed by atoms with Gasteiger partial charge in [0.05, 0.1) is 6.04 Å². The maximum absolute atomic E-state index is 12.5. The second-order valence-corrected chi connectivity index (χ2v) is 7.17. The Labute approximate surface area is 188 Å². The van der Waals surface area contributed by atoms with Gasteiger partial charge in [0.2, 0.25) is 23.6 Å². The number of amides is 4. The summed E-state index contributed by atoms with van der Waals surface area (Å²) in [6.07, 6.45) is -2.06. The van der Waals surface area contributed by atoms with E-state index in [4.69, 9.17) is 26.8 Å². The average molecular weight is 475 g/mol. The maximum Gasteiger partial charge on any atom is 0.326 e. The van der Waals surface area contributed by atoms with Gasteiger partial charge in [-0.2, -0.15) is 0 Å². The van der Waals surface area contributed by atoms with Crippen molar-refractivity contribution in [3.05, 3.63) is 0 Å². The van der Waals surface area contributed by atoms with Crippen LogP contribution < -0.4 is 27.4 Å². The molecule has 15 nitrogen and oxygen atoms in total. The first-order chi connectivity index (χ1) is 15.2. The quantitative estimate of drug-likeness (QED) is 0.110. The Kier molecular flexibility index (Phi) is 12.7. The van der Waals surface area contributed by atoms with Crippen molar-refractivity contribution in [2.24, 2.45) is 11.5 Å². The third-order valence-corrected chi connectivity index (χ3v) is 4.33. The van der Waals surface area contributed by atoms with Crippen LogP contribution in [-0.2, 0) is 33.6 Å². The highest BCUT2D eigenvalue weighted by atomic mass is 16.4. The molecule has 0 aliphatic carbocycles. The third-order valence-electron chi connectivity index (χ3n) is 4.33. The number of carbonyl (C=O) groups is 7. The largest absolute Gasteiger partial charge is 0.481 e. The number of nitrogens with two attached hydrogens (primary N) is 2. The number of carboxylic acid groups (broad SMARTS) is 3. The lowest BCUT2D eigenvalue weighted by Crippen LogP contribution is -2.56. The topological polar surface area (TPSA) is 268 Å². The van der Waals surface area contributed by atoms with Gasteiger partial charge in [-0.1, -0.05) is 0 Å². The monoisotopic (exact) mass is 475 g/mol. The van der Waals surface area contributed by atoms with Gasteiger partial charge in [-0.25, -0.2) is 4.79 Å². The first-order valence-corrected chi connectivity index (χ1v) is 9.86. The minimum atomic E-state index is -1.51. The molecule has 0 bridgehead atoms. The number of carbonyl (C=O) groups excluding carboxylic acids is 4. The van der Waals surface area contributed by atoms with Crippen molar-refractivity contribution in [1.29, 1.82) is 0 Å². The molecule has 0 rings (SSSR count). The van der Waals surface area contributed by atoms with E-state index in [0.717, 1.165) is 0 Å². The highest BCUT2D eigenvalue weighted by molar-refractivity contribution is 5.94. The fraction of sp³-hybridized carbons (Fsp3) is 0.611. The van der Waals surface area contributed by atoms with Crippen LogP contribution in [0.25, 0.3) is 0 Å². The molecule has 0 radical (unpaired) electrons. The molecular weight excluding hydrogens is 446 g/mol. The van der Waals surface area contributed by atoms with E-state index in [2.05, 4.69) is 16.0 Å². The second-order valence-electron chi connectivity index (χ2n) is 7.17. The van der Waals surface area contributed by atoms with Crippen LogP contribution >= 0.6 is 0 Å². The molecule has 4 amide bonds. The molecule has 186 valence electrons. The zero-order valence-corrected chi connectivity index (χ0v) is 17.9. The van der Waals surface area contributed by atoms with Gasteiger partial charge >= 0.3 is 17.9 Å². The summed E-state index contributed by atoms with van der Waals surface area (Å²) in [6.45, 7) is 1.22. The van der Waals surface area contributed by atoms with Crippen molar-refractivity contribution in [1.82, 2.24) is 16.0 Å². The fourth-order valence-corrected chi connectivity index (χ4v) is 2.45. The number of hydrogen-bond acceptors (Lipinski definition) is 8. The molecule has 0 aliphatic heterocycles. The van der Waals surface area contributed by atoms with Gasteiger partial charge in [0.15, 0.2) is 0 Å². The molecule has 0 aromatic carbocycles. The summed E-state index contributed by atoms with van der Waals surface area (Å²) < 4.78 is 0. The van der Waals surface area contributed by atoms with Gasteiger partial charge in [-0.15, -0.1) is 0 Å². The van der Waals surface area contributed by atoms with E-state index in [9.17, 15) is 33.6 Å². The normalized spacial score (nSPS) is 14.1. The summed E-state index contributed by atoms with van der Waals surface area (Å²) in [6, 6.07) is -5.40. The Morgan fingerprint density at radius 2 is 1.18 bits per heavy atom. The Morgan fingerprint density at radius 3 is 1.67 bits per heavy atom. The predicted molar refractivity (Wildman–Crippen MR) is 109 cm³/mol. The van der Waals surface area contributed by atoms with Crippen LogP contribution in [0, 0.1) is 0 Å². The summed E-state index contributed by atoms with van der Waals surface area (Å²) in [5, 5.41) is 33.0. The van der Waals surface area contributed by atoms with E-state index < -0.39 is 78.5 Å². The van der Waals surface area contributed by atoms with Crippen molar-refractivity contribution < 1.29 is 48.9 Å². The molecule has 0 fully saturated rings. The molecule has 0 saturated carbocycles.